The monoisotopic (exact) mass is 231 g/mol. The van der Waals surface area contributed by atoms with Crippen molar-refractivity contribution in [1.82, 2.24) is 5.10 Å². The zero-order chi connectivity index (χ0) is 12.3. The van der Waals surface area contributed by atoms with E-state index >= 15 is 0 Å². The molecule has 1 aromatic heterocycles. The number of carboxylic acids is 1. The second kappa shape index (κ2) is 4.91. The Hall–Kier alpha value is -1.97. The zero-order valence-electron chi connectivity index (χ0n) is 9.76. The van der Waals surface area contributed by atoms with Crippen molar-refractivity contribution in [1.29, 1.82) is 0 Å². The van der Waals surface area contributed by atoms with Crippen LogP contribution in [0.4, 0.5) is 0 Å². The van der Waals surface area contributed by atoms with Gasteiger partial charge in [-0.15, -0.1) is 0 Å². The summed E-state index contributed by atoms with van der Waals surface area (Å²) < 4.78 is 1.86. The SMILES string of the molecule is CCCC[n+]1cc2cc(C(=O)O)ccc2cn1. The highest BCUT2D eigenvalue weighted by molar-refractivity contribution is 5.93. The Morgan fingerprint density at radius 2 is 2.24 bits per heavy atom. The maximum absolute atomic E-state index is 10.9. The Morgan fingerprint density at radius 1 is 1.41 bits per heavy atom. The third-order valence-electron chi connectivity index (χ3n) is 2.71. The highest BCUT2D eigenvalue weighted by Gasteiger charge is 2.08. The smallest absolute Gasteiger partial charge is 0.335 e. The molecule has 0 amide bonds. The summed E-state index contributed by atoms with van der Waals surface area (Å²) in [7, 11) is 0. The minimum Gasteiger partial charge on any atom is -0.478 e. The largest absolute Gasteiger partial charge is 0.478 e. The van der Waals surface area contributed by atoms with Gasteiger partial charge in [-0.3, -0.25) is 0 Å². The Balaban J connectivity index is 2.39. The van der Waals surface area contributed by atoms with Crippen molar-refractivity contribution in [2.24, 2.45) is 0 Å². The predicted octanol–water partition coefficient (Wildman–Crippen LogP) is 2.02. The highest BCUT2D eigenvalue weighted by atomic mass is 16.4. The van der Waals surface area contributed by atoms with Gasteiger partial charge in [0.2, 0.25) is 6.20 Å². The number of nitrogens with zero attached hydrogens (tertiary/aromatic N) is 2. The van der Waals surface area contributed by atoms with Crippen LogP contribution in [0.3, 0.4) is 0 Å². The number of hydrogen-bond acceptors (Lipinski definition) is 2. The van der Waals surface area contributed by atoms with Gasteiger partial charge in [0, 0.05) is 11.8 Å². The van der Waals surface area contributed by atoms with Crippen molar-refractivity contribution in [3.8, 4) is 0 Å². The third-order valence-corrected chi connectivity index (χ3v) is 2.71. The molecule has 0 bridgehead atoms. The van der Waals surface area contributed by atoms with Crippen molar-refractivity contribution >= 4 is 16.7 Å². The van der Waals surface area contributed by atoms with Gasteiger partial charge in [0.1, 0.15) is 6.20 Å². The number of hydrogen-bond donors (Lipinski definition) is 1. The second-order valence-electron chi connectivity index (χ2n) is 4.04. The summed E-state index contributed by atoms with van der Waals surface area (Å²) in [6.45, 7) is 2.99. The minimum atomic E-state index is -0.899. The Kier molecular flexibility index (Phi) is 3.32. The van der Waals surface area contributed by atoms with Crippen molar-refractivity contribution in [2.75, 3.05) is 0 Å². The van der Waals surface area contributed by atoms with E-state index in [0.717, 1.165) is 30.2 Å². The van der Waals surface area contributed by atoms with Gasteiger partial charge in [0.25, 0.3) is 0 Å². The normalized spacial score (nSPS) is 10.6. The van der Waals surface area contributed by atoms with Crippen molar-refractivity contribution in [2.45, 2.75) is 26.3 Å². The molecular formula is C13H15N2O2+. The van der Waals surface area contributed by atoms with Gasteiger partial charge in [0.05, 0.1) is 10.9 Å². The number of unbranched alkanes of at least 4 members (excludes halogenated alkanes) is 1. The molecule has 4 heteroatoms. The van der Waals surface area contributed by atoms with Crippen molar-refractivity contribution in [3.63, 3.8) is 0 Å². The molecule has 1 heterocycles. The first kappa shape index (κ1) is 11.5. The molecule has 0 aliphatic heterocycles. The lowest BCUT2D eigenvalue weighted by atomic mass is 10.1. The van der Waals surface area contributed by atoms with E-state index in [1.165, 1.54) is 0 Å². The average Bonchev–Trinajstić information content (AvgIpc) is 2.35. The zero-order valence-corrected chi connectivity index (χ0v) is 9.76. The van der Waals surface area contributed by atoms with Crippen LogP contribution in [0.2, 0.25) is 0 Å². The van der Waals surface area contributed by atoms with Crippen LogP contribution >= 0.6 is 0 Å². The van der Waals surface area contributed by atoms with E-state index in [4.69, 9.17) is 5.11 Å². The van der Waals surface area contributed by atoms with Crippen molar-refractivity contribution < 1.29 is 14.6 Å². The van der Waals surface area contributed by atoms with E-state index in [1.54, 1.807) is 24.4 Å². The van der Waals surface area contributed by atoms with Gasteiger partial charge in [-0.2, -0.15) is 0 Å². The molecule has 0 unspecified atom stereocenters. The van der Waals surface area contributed by atoms with Gasteiger partial charge in [-0.05, 0) is 17.2 Å². The van der Waals surface area contributed by atoms with Crippen LogP contribution in [0.15, 0.2) is 30.6 Å². The summed E-state index contributed by atoms with van der Waals surface area (Å²) in [5.74, 6) is -0.899. The summed E-state index contributed by atoms with van der Waals surface area (Å²) in [5.41, 5.74) is 0.311. The lowest BCUT2D eigenvalue weighted by Crippen LogP contribution is -2.37. The van der Waals surface area contributed by atoms with Crippen LogP contribution < -0.4 is 4.68 Å². The number of benzene rings is 1. The summed E-state index contributed by atoms with van der Waals surface area (Å²) >= 11 is 0. The van der Waals surface area contributed by atoms with Gasteiger partial charge in [-0.25, -0.2) is 4.79 Å². The number of fused-ring (bicyclic) bond motifs is 1. The second-order valence-corrected chi connectivity index (χ2v) is 4.04. The lowest BCUT2D eigenvalue weighted by molar-refractivity contribution is -0.752. The summed E-state index contributed by atoms with van der Waals surface area (Å²) in [4.78, 5) is 10.9. The predicted molar refractivity (Wildman–Crippen MR) is 63.8 cm³/mol. The molecule has 2 aromatic rings. The topological polar surface area (TPSA) is 54.1 Å². The average molecular weight is 231 g/mol. The summed E-state index contributed by atoms with van der Waals surface area (Å²) in [6.07, 6.45) is 5.86. The van der Waals surface area contributed by atoms with Crippen molar-refractivity contribution in [3.05, 3.63) is 36.2 Å². The molecule has 2 rings (SSSR count). The van der Waals surface area contributed by atoms with Gasteiger partial charge >= 0.3 is 5.97 Å². The molecule has 1 aromatic carbocycles. The number of carbonyl (C=O) groups is 1. The maximum atomic E-state index is 10.9. The van der Waals surface area contributed by atoms with Gasteiger partial charge < -0.3 is 5.11 Å². The molecular weight excluding hydrogens is 216 g/mol. The lowest BCUT2D eigenvalue weighted by Gasteiger charge is -1.98. The molecule has 1 N–H and O–H groups in total. The molecule has 0 aliphatic rings. The molecule has 17 heavy (non-hydrogen) atoms. The number of rotatable bonds is 4. The molecule has 0 atom stereocenters. The minimum absolute atomic E-state index is 0.311. The Morgan fingerprint density at radius 3 is 2.94 bits per heavy atom. The first-order valence-electron chi connectivity index (χ1n) is 5.73. The van der Waals surface area contributed by atoms with Crippen LogP contribution in [0, 0.1) is 0 Å². The number of carboxylic acid groups (broad SMARTS) is 1. The van der Waals surface area contributed by atoms with Crippen LogP contribution in [-0.4, -0.2) is 16.2 Å². The number of aryl methyl sites for hydroxylation is 1. The van der Waals surface area contributed by atoms with Gasteiger partial charge in [-0.1, -0.05) is 24.1 Å². The molecule has 88 valence electrons. The molecule has 4 nitrogen and oxygen atoms in total. The van der Waals surface area contributed by atoms with E-state index in [-0.39, 0.29) is 0 Å². The first-order valence-corrected chi connectivity index (χ1v) is 5.73. The summed E-state index contributed by atoms with van der Waals surface area (Å²) in [5, 5.41) is 15.1. The van der Waals surface area contributed by atoms with E-state index in [9.17, 15) is 4.79 Å². The fourth-order valence-electron chi connectivity index (χ4n) is 1.71. The van der Waals surface area contributed by atoms with Crippen LogP contribution in [0.1, 0.15) is 30.1 Å². The molecule has 0 radical (unpaired) electrons. The quantitative estimate of drug-likeness (QED) is 0.819. The van der Waals surface area contributed by atoms with E-state index < -0.39 is 5.97 Å². The van der Waals surface area contributed by atoms with E-state index in [0.29, 0.717) is 5.56 Å². The first-order chi connectivity index (χ1) is 8.20. The maximum Gasteiger partial charge on any atom is 0.335 e. The molecule has 0 spiro atoms. The number of aromatic carboxylic acids is 1. The van der Waals surface area contributed by atoms with E-state index in [1.807, 2.05) is 10.9 Å². The molecule has 0 fully saturated rings. The molecule has 0 aliphatic carbocycles. The standard InChI is InChI=1S/C13H14N2O2/c1-2-3-6-15-9-12-7-10(13(16)17)4-5-11(12)8-14-15/h4-5,7-9H,2-3,6H2,1H3/p+1. The van der Waals surface area contributed by atoms with Crippen LogP contribution in [0.5, 0.6) is 0 Å². The van der Waals surface area contributed by atoms with Crippen LogP contribution in [0.25, 0.3) is 10.8 Å². The fourth-order valence-corrected chi connectivity index (χ4v) is 1.71. The van der Waals surface area contributed by atoms with E-state index in [2.05, 4.69) is 12.0 Å². The summed E-state index contributed by atoms with van der Waals surface area (Å²) in [6, 6.07) is 5.07. The molecule has 0 saturated carbocycles. The highest BCUT2D eigenvalue weighted by Crippen LogP contribution is 2.13. The Labute approximate surface area is 99.5 Å². The van der Waals surface area contributed by atoms with Crippen LogP contribution in [-0.2, 0) is 6.54 Å². The Bertz CT molecular complexity index is 552. The van der Waals surface area contributed by atoms with Gasteiger partial charge in [0.15, 0.2) is 6.54 Å². The number of aromatic nitrogens is 2. The third kappa shape index (κ3) is 2.58. The molecule has 0 saturated heterocycles. The fraction of sp³-hybridized carbons (Fsp3) is 0.308.